The second-order valence-corrected chi connectivity index (χ2v) is 6.96. The van der Waals surface area contributed by atoms with Crippen LogP contribution in [0.4, 0.5) is 4.39 Å². The van der Waals surface area contributed by atoms with Crippen LogP contribution >= 0.6 is 0 Å². The van der Waals surface area contributed by atoms with Gasteiger partial charge in [-0.25, -0.2) is 17.5 Å². The van der Waals surface area contributed by atoms with E-state index < -0.39 is 27.2 Å². The molecule has 0 bridgehead atoms. The molecule has 0 spiro atoms. The van der Waals surface area contributed by atoms with Gasteiger partial charge in [0.15, 0.2) is 5.78 Å². The Kier molecular flexibility index (Phi) is 4.47. The van der Waals surface area contributed by atoms with Crippen LogP contribution in [0.15, 0.2) is 23.1 Å². The van der Waals surface area contributed by atoms with E-state index >= 15 is 0 Å². The molecule has 1 aromatic carbocycles. The standard InChI is InChI=1S/C13H18FNO3S/c1-5-12(16)10-8-9(6-7-11(10)14)19(17,18)15-13(2,3)4/h6-8,15H,5H2,1-4H3. The van der Waals surface area contributed by atoms with E-state index in [1.807, 2.05) is 0 Å². The Bertz CT molecular complexity index is 588. The van der Waals surface area contributed by atoms with Crippen molar-refractivity contribution in [3.8, 4) is 0 Å². The summed E-state index contributed by atoms with van der Waals surface area (Å²) in [5.74, 6) is -1.13. The van der Waals surface area contributed by atoms with Gasteiger partial charge in [0.2, 0.25) is 10.0 Å². The summed E-state index contributed by atoms with van der Waals surface area (Å²) in [6, 6.07) is 3.23. The summed E-state index contributed by atoms with van der Waals surface area (Å²) in [5, 5.41) is 0. The lowest BCUT2D eigenvalue weighted by Crippen LogP contribution is -2.40. The maximum atomic E-state index is 13.5. The minimum absolute atomic E-state index is 0.111. The van der Waals surface area contributed by atoms with Gasteiger partial charge in [-0.3, -0.25) is 4.79 Å². The summed E-state index contributed by atoms with van der Waals surface area (Å²) in [4.78, 5) is 11.4. The molecule has 0 amide bonds. The highest BCUT2D eigenvalue weighted by Gasteiger charge is 2.23. The Hall–Kier alpha value is -1.27. The first-order valence-corrected chi connectivity index (χ1v) is 7.42. The fourth-order valence-corrected chi connectivity index (χ4v) is 2.98. The molecule has 1 N–H and O–H groups in total. The third-order valence-electron chi connectivity index (χ3n) is 2.31. The van der Waals surface area contributed by atoms with Crippen LogP contribution in [0.25, 0.3) is 0 Å². The van der Waals surface area contributed by atoms with Gasteiger partial charge in [0, 0.05) is 12.0 Å². The largest absolute Gasteiger partial charge is 0.294 e. The van der Waals surface area contributed by atoms with Gasteiger partial charge in [0.05, 0.1) is 10.5 Å². The fraction of sp³-hybridized carbons (Fsp3) is 0.462. The number of nitrogens with one attached hydrogen (secondary N) is 1. The lowest BCUT2D eigenvalue weighted by molar-refractivity contribution is 0.0984. The summed E-state index contributed by atoms with van der Waals surface area (Å²) in [5.41, 5.74) is -0.846. The van der Waals surface area contributed by atoms with Gasteiger partial charge in [-0.2, -0.15) is 0 Å². The quantitative estimate of drug-likeness (QED) is 0.865. The molecular weight excluding hydrogens is 269 g/mol. The number of hydrogen-bond donors (Lipinski definition) is 1. The zero-order valence-corrected chi connectivity index (χ0v) is 12.3. The van der Waals surface area contributed by atoms with E-state index in [4.69, 9.17) is 0 Å². The molecule has 0 aromatic heterocycles. The zero-order chi connectivity index (χ0) is 14.8. The first-order valence-electron chi connectivity index (χ1n) is 5.93. The third-order valence-corrected chi connectivity index (χ3v) is 4.07. The fourth-order valence-electron chi connectivity index (χ4n) is 1.54. The minimum Gasteiger partial charge on any atom is -0.294 e. The normalized spacial score (nSPS) is 12.5. The number of carbonyl (C=O) groups is 1. The van der Waals surface area contributed by atoms with Gasteiger partial charge < -0.3 is 0 Å². The average Bonchev–Trinajstić information content (AvgIpc) is 2.25. The second kappa shape index (κ2) is 5.38. The van der Waals surface area contributed by atoms with Gasteiger partial charge >= 0.3 is 0 Å². The number of rotatable bonds is 4. The molecule has 0 saturated carbocycles. The summed E-state index contributed by atoms with van der Waals surface area (Å²) < 4.78 is 40.1. The number of Topliss-reactive ketones (excluding diaryl/α,β-unsaturated/α-hetero) is 1. The smallest absolute Gasteiger partial charge is 0.241 e. The van der Waals surface area contributed by atoms with Crippen LogP contribution in [0.3, 0.4) is 0 Å². The maximum Gasteiger partial charge on any atom is 0.241 e. The van der Waals surface area contributed by atoms with E-state index in [2.05, 4.69) is 4.72 Å². The molecule has 4 nitrogen and oxygen atoms in total. The first kappa shape index (κ1) is 15.8. The number of benzene rings is 1. The van der Waals surface area contributed by atoms with Crippen LogP contribution in [-0.4, -0.2) is 19.7 Å². The van der Waals surface area contributed by atoms with Crippen molar-refractivity contribution in [2.45, 2.75) is 44.6 Å². The van der Waals surface area contributed by atoms with Crippen molar-refractivity contribution in [2.75, 3.05) is 0 Å². The Morgan fingerprint density at radius 3 is 2.37 bits per heavy atom. The monoisotopic (exact) mass is 287 g/mol. The van der Waals surface area contributed by atoms with Crippen molar-refractivity contribution in [2.24, 2.45) is 0 Å². The first-order chi connectivity index (χ1) is 8.57. The Labute approximate surface area is 113 Å². The lowest BCUT2D eigenvalue weighted by Gasteiger charge is -2.20. The SMILES string of the molecule is CCC(=O)c1cc(S(=O)(=O)NC(C)(C)C)ccc1F. The van der Waals surface area contributed by atoms with Crippen LogP contribution < -0.4 is 4.72 Å². The predicted octanol–water partition coefficient (Wildman–Crippen LogP) is 2.50. The van der Waals surface area contributed by atoms with Crippen molar-refractivity contribution in [3.63, 3.8) is 0 Å². The number of ketones is 1. The third kappa shape index (κ3) is 4.11. The Morgan fingerprint density at radius 2 is 1.89 bits per heavy atom. The number of sulfonamides is 1. The summed E-state index contributed by atoms with van der Waals surface area (Å²) in [7, 11) is -3.77. The molecular formula is C13H18FNO3S. The molecule has 0 unspecified atom stereocenters. The van der Waals surface area contributed by atoms with Crippen molar-refractivity contribution in [1.82, 2.24) is 4.72 Å². The van der Waals surface area contributed by atoms with Crippen LogP contribution in [0, 0.1) is 5.82 Å². The number of hydrogen-bond acceptors (Lipinski definition) is 3. The van der Waals surface area contributed by atoms with Gasteiger partial charge in [0.1, 0.15) is 5.82 Å². The highest BCUT2D eigenvalue weighted by molar-refractivity contribution is 7.89. The molecule has 0 aliphatic carbocycles. The predicted molar refractivity (Wildman–Crippen MR) is 71.1 cm³/mol. The second-order valence-electron chi connectivity index (χ2n) is 5.27. The van der Waals surface area contributed by atoms with Crippen molar-refractivity contribution in [1.29, 1.82) is 0 Å². The molecule has 0 fully saturated rings. The molecule has 0 saturated heterocycles. The van der Waals surface area contributed by atoms with E-state index in [0.717, 1.165) is 18.2 Å². The molecule has 0 radical (unpaired) electrons. The van der Waals surface area contributed by atoms with Gasteiger partial charge in [0.25, 0.3) is 0 Å². The van der Waals surface area contributed by atoms with Gasteiger partial charge in [-0.15, -0.1) is 0 Å². The van der Waals surface area contributed by atoms with Crippen molar-refractivity contribution >= 4 is 15.8 Å². The summed E-state index contributed by atoms with van der Waals surface area (Å²) >= 11 is 0. The summed E-state index contributed by atoms with van der Waals surface area (Å²) in [6.07, 6.45) is 0.118. The Morgan fingerprint density at radius 1 is 1.32 bits per heavy atom. The molecule has 0 heterocycles. The molecule has 1 aromatic rings. The maximum absolute atomic E-state index is 13.5. The van der Waals surface area contributed by atoms with Crippen molar-refractivity contribution < 1.29 is 17.6 Å². The number of carbonyl (C=O) groups excluding carboxylic acids is 1. The molecule has 0 aliphatic heterocycles. The van der Waals surface area contributed by atoms with Gasteiger partial charge in [-0.1, -0.05) is 6.92 Å². The molecule has 19 heavy (non-hydrogen) atoms. The van der Waals surface area contributed by atoms with E-state index in [9.17, 15) is 17.6 Å². The Balaban J connectivity index is 3.26. The summed E-state index contributed by atoms with van der Waals surface area (Å²) in [6.45, 7) is 6.70. The van der Waals surface area contributed by atoms with Gasteiger partial charge in [-0.05, 0) is 39.0 Å². The van der Waals surface area contributed by atoms with Crippen LogP contribution in [0.5, 0.6) is 0 Å². The molecule has 0 atom stereocenters. The van der Waals surface area contributed by atoms with Crippen LogP contribution in [0.1, 0.15) is 44.5 Å². The topological polar surface area (TPSA) is 63.2 Å². The van der Waals surface area contributed by atoms with E-state index in [0.29, 0.717) is 0 Å². The highest BCUT2D eigenvalue weighted by atomic mass is 32.2. The van der Waals surface area contributed by atoms with E-state index in [1.54, 1.807) is 27.7 Å². The highest BCUT2D eigenvalue weighted by Crippen LogP contribution is 2.18. The zero-order valence-electron chi connectivity index (χ0n) is 11.5. The van der Waals surface area contributed by atoms with Crippen molar-refractivity contribution in [3.05, 3.63) is 29.6 Å². The van der Waals surface area contributed by atoms with Crippen LogP contribution in [-0.2, 0) is 10.0 Å². The minimum atomic E-state index is -3.77. The average molecular weight is 287 g/mol. The lowest BCUT2D eigenvalue weighted by atomic mass is 10.1. The molecule has 106 valence electrons. The van der Waals surface area contributed by atoms with Crippen LogP contribution in [0.2, 0.25) is 0 Å². The molecule has 0 aliphatic rings. The molecule has 1 rings (SSSR count). The van der Waals surface area contributed by atoms with E-state index in [1.165, 1.54) is 0 Å². The van der Waals surface area contributed by atoms with E-state index in [-0.39, 0.29) is 16.9 Å². The number of halogens is 1. The molecule has 6 heteroatoms.